The first kappa shape index (κ1) is 22.4. The summed E-state index contributed by atoms with van der Waals surface area (Å²) in [4.78, 5) is 0. The minimum absolute atomic E-state index is 0. The van der Waals surface area contributed by atoms with Gasteiger partial charge in [-0.15, -0.1) is 0 Å². The van der Waals surface area contributed by atoms with Crippen molar-refractivity contribution in [1.82, 2.24) is 0 Å². The summed E-state index contributed by atoms with van der Waals surface area (Å²) in [6, 6.07) is 0. The summed E-state index contributed by atoms with van der Waals surface area (Å²) in [7, 11) is 0. The van der Waals surface area contributed by atoms with E-state index in [1.165, 1.54) is 0 Å². The molecule has 0 aromatic rings. The van der Waals surface area contributed by atoms with E-state index in [0.29, 0.717) is 0 Å². The standard InChI is InChI=1S/Nb.4H2O.Pb.Ti.Zn.2H/h;4*1H2;;;;;/q;;;;;;+4;;;/p-4. The van der Waals surface area contributed by atoms with E-state index in [1.54, 1.807) is 0 Å². The van der Waals surface area contributed by atoms with Gasteiger partial charge in [-0.3, -0.25) is 0 Å². The van der Waals surface area contributed by atoms with Gasteiger partial charge in [-0.2, -0.15) is 0 Å². The molecule has 4 N–H and O–H groups in total. The van der Waals surface area contributed by atoms with E-state index in [4.69, 9.17) is 14.8 Å². The maximum Gasteiger partial charge on any atom is 0 e. The fraction of sp³-hybridized carbons (Fsp3) is 0. The van der Waals surface area contributed by atoms with Gasteiger partial charge < -0.3 is 0 Å². The molecule has 8 heteroatoms. The smallest absolute Gasteiger partial charge is 0 e. The van der Waals surface area contributed by atoms with Gasteiger partial charge in [-0.05, 0) is 0 Å². The second kappa shape index (κ2) is 9.84. The molecule has 0 spiro atoms. The molecule has 0 amide bonds. The van der Waals surface area contributed by atoms with E-state index < -0.39 is 18.1 Å². The van der Waals surface area contributed by atoms with E-state index in [9.17, 15) is 0 Å². The Bertz CT molecular complexity index is 31.5. The molecule has 0 aliphatic heterocycles. The van der Waals surface area contributed by atoms with Crippen LogP contribution >= 0.6 is 0 Å². The van der Waals surface area contributed by atoms with Crippen LogP contribution in [0.2, 0.25) is 0 Å². The molecular weight excluding hydrogens is 477 g/mol. The molecule has 0 saturated heterocycles. The first-order chi connectivity index (χ1) is 2.00. The third kappa shape index (κ3) is 67.4. The number of rotatable bonds is 0. The van der Waals surface area contributed by atoms with E-state index in [-0.39, 0.29) is 69.2 Å². The molecule has 0 aromatic heterocycles. The molecular formula is H6NbO4PbTiZn. The molecule has 0 rings (SSSR count). The van der Waals surface area contributed by atoms with Crippen molar-refractivity contribution in [3.05, 3.63) is 0 Å². The average Bonchev–Trinajstić information content (AvgIpc) is 0.722. The zero-order valence-electron chi connectivity index (χ0n) is 4.15. The van der Waals surface area contributed by atoms with Gasteiger partial charge in [0.2, 0.25) is 0 Å². The molecule has 8 heavy (non-hydrogen) atoms. The van der Waals surface area contributed by atoms with Crippen molar-refractivity contribution in [3.8, 4) is 0 Å². The Morgan fingerprint density at radius 2 is 0.875 bits per heavy atom. The zero-order valence-corrected chi connectivity index (χ0v) is 16.4. The van der Waals surface area contributed by atoms with Crippen LogP contribution in [0.1, 0.15) is 0 Å². The average molecular weight is 483 g/mol. The Labute approximate surface area is 100 Å². The Morgan fingerprint density at radius 1 is 0.875 bits per heavy atom. The molecule has 0 aliphatic rings. The van der Waals surface area contributed by atoms with Crippen molar-refractivity contribution >= 4 is 27.3 Å². The van der Waals surface area contributed by atoms with Crippen molar-refractivity contribution in [2.24, 2.45) is 0 Å². The van der Waals surface area contributed by atoms with Crippen LogP contribution < -0.4 is 0 Å². The predicted octanol–water partition coefficient (Wildman–Crippen LogP) is -3.15. The number of hydrogen-bond acceptors (Lipinski definition) is 4. The summed E-state index contributed by atoms with van der Waals surface area (Å²) < 4.78 is 29.5. The largest absolute Gasteiger partial charge is 0 e. The molecule has 4 nitrogen and oxygen atoms in total. The Morgan fingerprint density at radius 3 is 0.875 bits per heavy atom. The van der Waals surface area contributed by atoms with Crippen molar-refractivity contribution in [2.75, 3.05) is 0 Å². The Balaban J connectivity index is -0.0000000267. The molecule has 0 aromatic carbocycles. The molecule has 0 unspecified atom stereocenters. The fourth-order valence-electron chi connectivity index (χ4n) is 0. The van der Waals surface area contributed by atoms with Crippen LogP contribution in [0.15, 0.2) is 0 Å². The molecule has 0 fully saturated rings. The van der Waals surface area contributed by atoms with Crippen LogP contribution in [-0.4, -0.2) is 42.1 Å². The quantitative estimate of drug-likeness (QED) is 0.275. The summed E-state index contributed by atoms with van der Waals surface area (Å²) in [5.74, 6) is 0. The Kier molecular flexibility index (Phi) is 27.6. The van der Waals surface area contributed by atoms with Crippen LogP contribution in [0, 0.1) is 0 Å². The second-order valence-corrected chi connectivity index (χ2v) is 2.47. The fourth-order valence-corrected chi connectivity index (χ4v) is 0. The van der Waals surface area contributed by atoms with E-state index in [0.717, 1.165) is 0 Å². The minimum atomic E-state index is -5.00. The van der Waals surface area contributed by atoms with Crippen molar-refractivity contribution in [1.29, 1.82) is 0 Å². The van der Waals surface area contributed by atoms with Gasteiger partial charge in [0, 0.05) is 41.9 Å². The third-order valence-electron chi connectivity index (χ3n) is 0. The molecule has 0 aliphatic carbocycles. The minimum Gasteiger partial charge on any atom is 0 e. The zero-order chi connectivity index (χ0) is 4.50. The molecule has 0 bridgehead atoms. The summed E-state index contributed by atoms with van der Waals surface area (Å²) >= 11 is -5.00. The monoisotopic (exact) mass is 483 g/mol. The molecule has 0 heterocycles. The van der Waals surface area contributed by atoms with Gasteiger partial charge >= 0.3 is 60.2 Å². The summed E-state index contributed by atoms with van der Waals surface area (Å²) in [5, 5.41) is 0. The first-order valence-corrected chi connectivity index (χ1v) is 3.69. The van der Waals surface area contributed by atoms with Crippen LogP contribution in [0.5, 0.6) is 0 Å². The van der Waals surface area contributed by atoms with Crippen LogP contribution in [0.4, 0.5) is 0 Å². The maximum atomic E-state index is 7.38. The molecule has 3 radical (unpaired) electrons. The van der Waals surface area contributed by atoms with Crippen LogP contribution in [0.3, 0.4) is 0 Å². The Hall–Kier alpha value is 2.84. The van der Waals surface area contributed by atoms with Gasteiger partial charge in [-0.25, -0.2) is 0 Å². The van der Waals surface area contributed by atoms with Gasteiger partial charge in [0.25, 0.3) is 0 Å². The van der Waals surface area contributed by atoms with Crippen LogP contribution in [-0.2, 0) is 60.0 Å². The van der Waals surface area contributed by atoms with Gasteiger partial charge in [-0.1, -0.05) is 0 Å². The van der Waals surface area contributed by atoms with Crippen molar-refractivity contribution in [2.45, 2.75) is 0 Å². The third-order valence-corrected chi connectivity index (χ3v) is 0. The maximum absolute atomic E-state index is 7.38. The number of hydrogen-bond donors (Lipinski definition) is 4. The second-order valence-electron chi connectivity index (χ2n) is 0.600. The van der Waals surface area contributed by atoms with Gasteiger partial charge in [0.05, 0.1) is 0 Å². The van der Waals surface area contributed by atoms with Crippen molar-refractivity contribution in [3.63, 3.8) is 0 Å². The summed E-state index contributed by atoms with van der Waals surface area (Å²) in [6.07, 6.45) is 0. The molecule has 45 valence electrons. The predicted molar refractivity (Wildman–Crippen MR) is 17.4 cm³/mol. The molecule has 0 saturated carbocycles. The summed E-state index contributed by atoms with van der Waals surface area (Å²) in [6.45, 7) is 0. The topological polar surface area (TPSA) is 80.9 Å². The summed E-state index contributed by atoms with van der Waals surface area (Å²) in [5.41, 5.74) is 0. The van der Waals surface area contributed by atoms with E-state index in [1.807, 2.05) is 0 Å². The van der Waals surface area contributed by atoms with E-state index in [2.05, 4.69) is 0 Å². The first-order valence-electron chi connectivity index (χ1n) is 0.894. The van der Waals surface area contributed by atoms with Crippen molar-refractivity contribution < 1.29 is 74.8 Å². The molecule has 0 atom stereocenters. The van der Waals surface area contributed by atoms with Gasteiger partial charge in [0.15, 0.2) is 0 Å². The van der Waals surface area contributed by atoms with E-state index >= 15 is 0 Å². The SMILES string of the molecule is [Nb].[OH][Ti]([OH])([OH])[OH].[PbH2].[Zn]. The van der Waals surface area contributed by atoms with Crippen LogP contribution in [0.25, 0.3) is 0 Å². The normalized spacial score (nSPS) is 7.50. The van der Waals surface area contributed by atoms with Gasteiger partial charge in [0.1, 0.15) is 0 Å².